The second-order valence-electron chi connectivity index (χ2n) is 4.42. The zero-order valence-electron chi connectivity index (χ0n) is 8.75. The summed E-state index contributed by atoms with van der Waals surface area (Å²) in [7, 11) is 0. The lowest BCUT2D eigenvalue weighted by molar-refractivity contribution is -0.168. The van der Waals surface area contributed by atoms with Gasteiger partial charge in [0.2, 0.25) is 0 Å². The Labute approximate surface area is 84.3 Å². The van der Waals surface area contributed by atoms with Crippen LogP contribution in [0.5, 0.6) is 0 Å². The Balaban J connectivity index is 1.89. The van der Waals surface area contributed by atoms with Crippen molar-refractivity contribution in [2.45, 2.75) is 37.9 Å². The van der Waals surface area contributed by atoms with Gasteiger partial charge in [0.1, 0.15) is 12.2 Å². The van der Waals surface area contributed by atoms with Crippen molar-refractivity contribution in [3.63, 3.8) is 0 Å². The maximum absolute atomic E-state index is 8.47. The van der Waals surface area contributed by atoms with Gasteiger partial charge in [-0.15, -0.1) is 0 Å². The second kappa shape index (κ2) is 3.20. The van der Waals surface area contributed by atoms with E-state index in [-0.39, 0.29) is 11.2 Å². The van der Waals surface area contributed by atoms with Crippen LogP contribution in [0.1, 0.15) is 26.7 Å². The van der Waals surface area contributed by atoms with Crippen LogP contribution < -0.4 is 0 Å². The van der Waals surface area contributed by atoms with Crippen molar-refractivity contribution >= 4 is 0 Å². The molecule has 0 radical (unpaired) electrons. The average Bonchev–Trinajstić information content (AvgIpc) is 2.70. The number of epoxide rings is 1. The quantitative estimate of drug-likeness (QED) is 0.620. The third-order valence-electron chi connectivity index (χ3n) is 3.36. The lowest BCUT2D eigenvalue weighted by Crippen LogP contribution is -2.27. The van der Waals surface area contributed by atoms with Gasteiger partial charge in [0.05, 0.1) is 18.1 Å². The summed E-state index contributed by atoms with van der Waals surface area (Å²) < 4.78 is 5.67. The lowest BCUT2D eigenvalue weighted by atomic mass is 9.94. The minimum Gasteiger partial charge on any atom is -0.360 e. The normalized spacial score (nSPS) is 42.4. The average molecular weight is 196 g/mol. The highest BCUT2D eigenvalue weighted by Gasteiger charge is 2.64. The smallest absolute Gasteiger partial charge is 0.120 e. The van der Waals surface area contributed by atoms with Crippen LogP contribution in [0, 0.1) is 11.3 Å². The summed E-state index contributed by atoms with van der Waals surface area (Å²) in [6, 6.07) is 2.12. The number of nitrogens with zero attached hydrogens (tertiary/aromatic N) is 2. The molecule has 2 aliphatic rings. The van der Waals surface area contributed by atoms with Crippen molar-refractivity contribution in [1.29, 1.82) is 5.26 Å². The predicted octanol–water partition coefficient (Wildman–Crippen LogP) is 1.08. The first-order chi connectivity index (χ1) is 6.60. The number of hydrogen-bond acceptors (Lipinski definition) is 4. The van der Waals surface area contributed by atoms with Gasteiger partial charge >= 0.3 is 0 Å². The minimum atomic E-state index is -0.103. The van der Waals surface area contributed by atoms with Crippen LogP contribution in [-0.4, -0.2) is 36.0 Å². The number of ether oxygens (including phenoxy) is 1. The van der Waals surface area contributed by atoms with Gasteiger partial charge in [-0.1, -0.05) is 0 Å². The molecule has 0 aromatic heterocycles. The van der Waals surface area contributed by atoms with Gasteiger partial charge in [0, 0.05) is 13.1 Å². The van der Waals surface area contributed by atoms with E-state index >= 15 is 0 Å². The fraction of sp³-hybridized carbons (Fsp3) is 0.900. The molecule has 0 bridgehead atoms. The summed E-state index contributed by atoms with van der Waals surface area (Å²) in [4.78, 5) is 5.58. The number of hydrogen-bond donors (Lipinski definition) is 0. The van der Waals surface area contributed by atoms with E-state index in [9.17, 15) is 0 Å². The third kappa shape index (κ3) is 1.52. The van der Waals surface area contributed by atoms with Gasteiger partial charge in [-0.2, -0.15) is 10.3 Å². The van der Waals surface area contributed by atoms with E-state index in [1.807, 2.05) is 5.06 Å². The highest BCUT2D eigenvalue weighted by molar-refractivity contribution is 5.11. The van der Waals surface area contributed by atoms with Gasteiger partial charge in [0.15, 0.2) is 0 Å². The molecular formula is C10H16N2O2. The van der Waals surface area contributed by atoms with Crippen molar-refractivity contribution in [2.75, 3.05) is 19.7 Å². The van der Waals surface area contributed by atoms with Crippen molar-refractivity contribution in [3.05, 3.63) is 0 Å². The van der Waals surface area contributed by atoms with Crippen LogP contribution in [-0.2, 0) is 9.57 Å². The fourth-order valence-electron chi connectivity index (χ4n) is 1.94. The molecule has 2 unspecified atom stereocenters. The highest BCUT2D eigenvalue weighted by atomic mass is 16.7. The Morgan fingerprint density at radius 1 is 1.43 bits per heavy atom. The SMILES string of the molecule is CC12CCN(CCC#N)OCC1(C)O2. The molecule has 0 N–H and O–H groups in total. The van der Waals surface area contributed by atoms with E-state index in [0.717, 1.165) is 13.0 Å². The Morgan fingerprint density at radius 3 is 2.93 bits per heavy atom. The van der Waals surface area contributed by atoms with Crippen LogP contribution in [0.3, 0.4) is 0 Å². The zero-order valence-corrected chi connectivity index (χ0v) is 8.75. The molecule has 0 aromatic carbocycles. The lowest BCUT2D eigenvalue weighted by Gasteiger charge is -2.19. The first-order valence-corrected chi connectivity index (χ1v) is 5.05. The monoisotopic (exact) mass is 196 g/mol. The molecule has 2 rings (SSSR count). The number of fused-ring (bicyclic) bond motifs is 1. The molecule has 4 nitrogen and oxygen atoms in total. The van der Waals surface area contributed by atoms with Gasteiger partial charge < -0.3 is 4.74 Å². The van der Waals surface area contributed by atoms with Crippen LogP contribution >= 0.6 is 0 Å². The van der Waals surface area contributed by atoms with Crippen LogP contribution in [0.25, 0.3) is 0 Å². The molecule has 0 amide bonds. The number of hydroxylamine groups is 2. The van der Waals surface area contributed by atoms with Crippen molar-refractivity contribution < 1.29 is 9.57 Å². The van der Waals surface area contributed by atoms with Crippen LogP contribution in [0.2, 0.25) is 0 Å². The van der Waals surface area contributed by atoms with E-state index in [1.54, 1.807) is 0 Å². The molecule has 0 saturated carbocycles. The van der Waals surface area contributed by atoms with Crippen LogP contribution in [0.15, 0.2) is 0 Å². The molecule has 0 aromatic rings. The van der Waals surface area contributed by atoms with Crippen molar-refractivity contribution in [2.24, 2.45) is 0 Å². The molecule has 2 aliphatic heterocycles. The first kappa shape index (κ1) is 9.91. The molecule has 2 heterocycles. The van der Waals surface area contributed by atoms with Crippen molar-refractivity contribution in [3.8, 4) is 6.07 Å². The Kier molecular flexibility index (Phi) is 2.26. The molecule has 4 heteroatoms. The molecular weight excluding hydrogens is 180 g/mol. The molecule has 78 valence electrons. The number of nitriles is 1. The van der Waals surface area contributed by atoms with E-state index < -0.39 is 0 Å². The number of rotatable bonds is 2. The minimum absolute atomic E-state index is 0.00556. The van der Waals surface area contributed by atoms with Crippen molar-refractivity contribution in [1.82, 2.24) is 5.06 Å². The Morgan fingerprint density at radius 2 is 2.21 bits per heavy atom. The summed E-state index contributed by atoms with van der Waals surface area (Å²) in [6.45, 7) is 6.37. The molecule has 2 atom stereocenters. The van der Waals surface area contributed by atoms with Crippen LogP contribution in [0.4, 0.5) is 0 Å². The first-order valence-electron chi connectivity index (χ1n) is 5.05. The molecule has 0 aliphatic carbocycles. The summed E-state index contributed by atoms with van der Waals surface area (Å²) in [5, 5.41) is 10.4. The van der Waals surface area contributed by atoms with Gasteiger partial charge in [-0.05, 0) is 20.3 Å². The van der Waals surface area contributed by atoms with E-state index in [1.165, 1.54) is 0 Å². The largest absolute Gasteiger partial charge is 0.360 e. The third-order valence-corrected chi connectivity index (χ3v) is 3.36. The maximum Gasteiger partial charge on any atom is 0.120 e. The summed E-state index contributed by atoms with van der Waals surface area (Å²) in [5.74, 6) is 0. The van der Waals surface area contributed by atoms with E-state index in [4.69, 9.17) is 14.8 Å². The Hall–Kier alpha value is -0.630. The highest BCUT2D eigenvalue weighted by Crippen LogP contribution is 2.51. The van der Waals surface area contributed by atoms with E-state index in [0.29, 0.717) is 19.6 Å². The molecule has 2 saturated heterocycles. The summed E-state index contributed by atoms with van der Waals surface area (Å²) >= 11 is 0. The fourth-order valence-corrected chi connectivity index (χ4v) is 1.94. The maximum atomic E-state index is 8.47. The van der Waals surface area contributed by atoms with Gasteiger partial charge in [-0.25, -0.2) is 0 Å². The van der Waals surface area contributed by atoms with Gasteiger partial charge in [0.25, 0.3) is 0 Å². The topological polar surface area (TPSA) is 48.8 Å². The predicted molar refractivity (Wildman–Crippen MR) is 50.3 cm³/mol. The summed E-state index contributed by atoms with van der Waals surface area (Å²) in [6.07, 6.45) is 1.50. The van der Waals surface area contributed by atoms with Gasteiger partial charge in [-0.3, -0.25) is 4.84 Å². The second-order valence-corrected chi connectivity index (χ2v) is 4.42. The molecule has 0 spiro atoms. The Bertz CT molecular complexity index is 258. The summed E-state index contributed by atoms with van der Waals surface area (Å²) in [5.41, 5.74) is -0.108. The molecule has 2 fully saturated rings. The molecule has 14 heavy (non-hydrogen) atoms. The zero-order chi connectivity index (χ0) is 10.2. The van der Waals surface area contributed by atoms with E-state index in [2.05, 4.69) is 19.9 Å². The standard InChI is InChI=1S/C10H16N2O2/c1-9-4-7-12(6-3-5-11)13-8-10(9,2)14-9/h3-4,6-8H2,1-2H3.